The fraction of sp³-hybridized carbons (Fsp3) is 0.294. The second-order valence-electron chi connectivity index (χ2n) is 5.49. The van der Waals surface area contributed by atoms with Crippen LogP contribution in [0, 0.1) is 0 Å². The second kappa shape index (κ2) is 6.36. The van der Waals surface area contributed by atoms with Gasteiger partial charge < -0.3 is 13.7 Å². The van der Waals surface area contributed by atoms with Crippen LogP contribution in [0.15, 0.2) is 57.7 Å². The minimum Gasteiger partial charge on any atom is -0.461 e. The number of nitrogens with zero attached hydrogens (tertiary/aromatic N) is 3. The van der Waals surface area contributed by atoms with Gasteiger partial charge in [-0.1, -0.05) is 35.5 Å². The molecule has 0 unspecified atom stereocenters. The van der Waals surface area contributed by atoms with Gasteiger partial charge in [-0.05, 0) is 17.7 Å². The minimum absolute atomic E-state index is 0.0809. The Hall–Kier alpha value is -2.44. The highest BCUT2D eigenvalue weighted by molar-refractivity contribution is 5.44. The molecule has 1 aliphatic rings. The molecule has 0 spiro atoms. The molecule has 6 heteroatoms. The molecule has 1 aliphatic heterocycles. The molecule has 1 fully saturated rings. The lowest BCUT2D eigenvalue weighted by Crippen LogP contribution is -2.37. The summed E-state index contributed by atoms with van der Waals surface area (Å²) in [6, 6.07) is 13.9. The quantitative estimate of drug-likeness (QED) is 0.738. The molecule has 2 aromatic heterocycles. The van der Waals surface area contributed by atoms with E-state index in [1.807, 2.05) is 24.3 Å². The molecule has 4 rings (SSSR count). The molecule has 0 bridgehead atoms. The lowest BCUT2D eigenvalue weighted by Gasteiger charge is -2.32. The lowest BCUT2D eigenvalue weighted by molar-refractivity contribution is -0.0355. The van der Waals surface area contributed by atoms with Crippen LogP contribution in [0.4, 0.5) is 0 Å². The molecule has 23 heavy (non-hydrogen) atoms. The van der Waals surface area contributed by atoms with E-state index in [-0.39, 0.29) is 6.10 Å². The van der Waals surface area contributed by atoms with Gasteiger partial charge in [-0.2, -0.15) is 4.98 Å². The van der Waals surface area contributed by atoms with Gasteiger partial charge >= 0.3 is 0 Å². The first kappa shape index (κ1) is 14.2. The molecule has 0 saturated carbocycles. The largest absolute Gasteiger partial charge is 0.461 e. The first-order valence-electron chi connectivity index (χ1n) is 7.64. The topological polar surface area (TPSA) is 64.5 Å². The first-order chi connectivity index (χ1) is 11.4. The highest BCUT2D eigenvalue weighted by Gasteiger charge is 2.23. The van der Waals surface area contributed by atoms with E-state index in [4.69, 9.17) is 13.7 Å². The van der Waals surface area contributed by atoms with Crippen LogP contribution in [0.3, 0.4) is 0 Å². The predicted molar refractivity (Wildman–Crippen MR) is 82.4 cm³/mol. The maximum Gasteiger partial charge on any atom is 0.241 e. The molecule has 1 aromatic carbocycles. The van der Waals surface area contributed by atoms with Crippen molar-refractivity contribution in [2.45, 2.75) is 12.6 Å². The van der Waals surface area contributed by atoms with Crippen LogP contribution in [-0.2, 0) is 11.3 Å². The van der Waals surface area contributed by atoms with Gasteiger partial charge in [-0.3, -0.25) is 4.90 Å². The summed E-state index contributed by atoms with van der Waals surface area (Å²) >= 11 is 0. The van der Waals surface area contributed by atoms with Crippen molar-refractivity contribution in [2.24, 2.45) is 0 Å². The summed E-state index contributed by atoms with van der Waals surface area (Å²) in [5.74, 6) is 1.69. The van der Waals surface area contributed by atoms with Gasteiger partial charge in [0.05, 0.1) is 25.5 Å². The first-order valence-corrected chi connectivity index (χ1v) is 7.64. The third kappa shape index (κ3) is 3.18. The number of aromatic nitrogens is 2. The molecule has 6 nitrogen and oxygen atoms in total. The molecule has 118 valence electrons. The molecule has 3 heterocycles. The Morgan fingerprint density at radius 3 is 2.87 bits per heavy atom. The Labute approximate surface area is 133 Å². The highest BCUT2D eigenvalue weighted by atomic mass is 16.5. The second-order valence-corrected chi connectivity index (χ2v) is 5.49. The van der Waals surface area contributed by atoms with Crippen LogP contribution in [0.5, 0.6) is 0 Å². The van der Waals surface area contributed by atoms with Crippen LogP contribution in [0.2, 0.25) is 0 Å². The summed E-state index contributed by atoms with van der Waals surface area (Å²) in [4.78, 5) is 6.66. The Morgan fingerprint density at radius 2 is 2.04 bits per heavy atom. The lowest BCUT2D eigenvalue weighted by atomic mass is 10.1. The number of ether oxygens (including phenoxy) is 1. The van der Waals surface area contributed by atoms with Gasteiger partial charge in [-0.15, -0.1) is 0 Å². The van der Waals surface area contributed by atoms with E-state index in [0.717, 1.165) is 13.1 Å². The summed E-state index contributed by atoms with van der Waals surface area (Å²) in [6.07, 6.45) is 1.68. The van der Waals surface area contributed by atoms with E-state index in [2.05, 4.69) is 27.2 Å². The van der Waals surface area contributed by atoms with Gasteiger partial charge in [0, 0.05) is 13.1 Å². The Balaban J connectivity index is 1.43. The molecular formula is C17H17N3O3. The zero-order chi connectivity index (χ0) is 15.5. The van der Waals surface area contributed by atoms with Gasteiger partial charge in [0.1, 0.15) is 0 Å². The maximum absolute atomic E-state index is 5.87. The van der Waals surface area contributed by atoms with Crippen molar-refractivity contribution in [3.63, 3.8) is 0 Å². The third-order valence-electron chi connectivity index (χ3n) is 3.89. The third-order valence-corrected chi connectivity index (χ3v) is 3.89. The van der Waals surface area contributed by atoms with Crippen molar-refractivity contribution in [1.82, 2.24) is 15.0 Å². The average molecular weight is 311 g/mol. The number of furan rings is 1. The summed E-state index contributed by atoms with van der Waals surface area (Å²) < 4.78 is 16.5. The van der Waals surface area contributed by atoms with E-state index in [9.17, 15) is 0 Å². The van der Waals surface area contributed by atoms with Crippen molar-refractivity contribution < 1.29 is 13.7 Å². The molecule has 0 amide bonds. The summed E-state index contributed by atoms with van der Waals surface area (Å²) in [5, 5.41) is 3.96. The van der Waals surface area contributed by atoms with Crippen LogP contribution in [0.1, 0.15) is 17.6 Å². The molecule has 0 aliphatic carbocycles. The van der Waals surface area contributed by atoms with E-state index < -0.39 is 0 Å². The Bertz CT molecular complexity index is 740. The molecule has 3 aromatic rings. The fourth-order valence-corrected chi connectivity index (χ4v) is 2.73. The zero-order valence-corrected chi connectivity index (χ0v) is 12.6. The van der Waals surface area contributed by atoms with Gasteiger partial charge in [0.15, 0.2) is 5.76 Å². The highest BCUT2D eigenvalue weighted by Crippen LogP contribution is 2.23. The van der Waals surface area contributed by atoms with Crippen molar-refractivity contribution in [3.05, 3.63) is 60.2 Å². The summed E-state index contributed by atoms with van der Waals surface area (Å²) in [5.41, 5.74) is 1.19. The SMILES string of the molecule is c1ccc([C@H]2CN(Cc3nc(-c4ccco4)no3)CCO2)cc1. The monoisotopic (exact) mass is 311 g/mol. The van der Waals surface area contributed by atoms with Crippen molar-refractivity contribution in [3.8, 4) is 11.6 Å². The smallest absolute Gasteiger partial charge is 0.241 e. The standard InChI is InChI=1S/C17H17N3O3/c1-2-5-13(6-3-1)15-11-20(8-10-22-15)12-16-18-17(19-23-16)14-7-4-9-21-14/h1-7,9,15H,8,10-12H2/t15-/m1/s1. The van der Waals surface area contributed by atoms with Crippen molar-refractivity contribution in [1.29, 1.82) is 0 Å². The zero-order valence-electron chi connectivity index (χ0n) is 12.6. The number of hydrogen-bond donors (Lipinski definition) is 0. The van der Waals surface area contributed by atoms with Crippen LogP contribution in [-0.4, -0.2) is 34.7 Å². The average Bonchev–Trinajstić information content (AvgIpc) is 3.27. The number of hydrogen-bond acceptors (Lipinski definition) is 6. The number of morpholine rings is 1. The molecule has 0 radical (unpaired) electrons. The van der Waals surface area contributed by atoms with Gasteiger partial charge in [0.2, 0.25) is 11.7 Å². The Morgan fingerprint density at radius 1 is 1.13 bits per heavy atom. The van der Waals surface area contributed by atoms with Gasteiger partial charge in [-0.25, -0.2) is 0 Å². The number of benzene rings is 1. The van der Waals surface area contributed by atoms with Crippen molar-refractivity contribution >= 4 is 0 Å². The molecule has 0 N–H and O–H groups in total. The van der Waals surface area contributed by atoms with Gasteiger partial charge in [0.25, 0.3) is 0 Å². The summed E-state index contributed by atoms with van der Waals surface area (Å²) in [6.45, 7) is 2.96. The minimum atomic E-state index is 0.0809. The van der Waals surface area contributed by atoms with Crippen LogP contribution < -0.4 is 0 Å². The van der Waals surface area contributed by atoms with E-state index in [1.54, 1.807) is 12.3 Å². The van der Waals surface area contributed by atoms with E-state index in [1.165, 1.54) is 5.56 Å². The number of rotatable bonds is 4. The maximum atomic E-state index is 5.87. The normalized spacial score (nSPS) is 19.0. The fourth-order valence-electron chi connectivity index (χ4n) is 2.73. The van der Waals surface area contributed by atoms with Crippen LogP contribution >= 0.6 is 0 Å². The predicted octanol–water partition coefficient (Wildman–Crippen LogP) is 2.90. The summed E-state index contributed by atoms with van der Waals surface area (Å²) in [7, 11) is 0. The molecule has 1 saturated heterocycles. The Kier molecular flexibility index (Phi) is 3.92. The van der Waals surface area contributed by atoms with E-state index >= 15 is 0 Å². The van der Waals surface area contributed by atoms with Crippen molar-refractivity contribution in [2.75, 3.05) is 19.7 Å². The molecule has 1 atom stereocenters. The molecular weight excluding hydrogens is 294 g/mol. The van der Waals surface area contributed by atoms with Crippen LogP contribution in [0.25, 0.3) is 11.6 Å². The van der Waals surface area contributed by atoms with E-state index in [0.29, 0.717) is 30.6 Å².